The second-order valence-electron chi connectivity index (χ2n) is 9.18. The van der Waals surface area contributed by atoms with Crippen LogP contribution in [0.2, 0.25) is 0 Å². The van der Waals surface area contributed by atoms with Crippen LogP contribution < -0.4 is 0 Å². The van der Waals surface area contributed by atoms with E-state index in [1.54, 1.807) is 0 Å². The van der Waals surface area contributed by atoms with Crippen LogP contribution >= 0.6 is 0 Å². The molecule has 1 heteroatoms. The van der Waals surface area contributed by atoms with Gasteiger partial charge in [0.05, 0.1) is 0 Å². The minimum atomic E-state index is 0.845. The van der Waals surface area contributed by atoms with Gasteiger partial charge in [-0.2, -0.15) is 0 Å². The molecule has 0 spiro atoms. The molecule has 0 aliphatic heterocycles. The van der Waals surface area contributed by atoms with Crippen molar-refractivity contribution < 1.29 is 0 Å². The third-order valence-corrected chi connectivity index (χ3v) is 6.07. The summed E-state index contributed by atoms with van der Waals surface area (Å²) in [6, 6.07) is 11.1. The van der Waals surface area contributed by atoms with Crippen LogP contribution in [0.5, 0.6) is 0 Å². The van der Waals surface area contributed by atoms with Crippen LogP contribution in [0, 0.1) is 5.92 Å². The monoisotopic (exact) mass is 387 g/mol. The average molecular weight is 388 g/mol. The molecule has 1 aromatic rings. The highest BCUT2D eigenvalue weighted by Crippen LogP contribution is 2.20. The highest BCUT2D eigenvalue weighted by Gasteiger charge is 2.10. The SMILES string of the molecule is CCCCCCCCCCCCCCCC(CCN(C)C)Cc1ccccc1. The molecule has 0 aliphatic rings. The van der Waals surface area contributed by atoms with Crippen molar-refractivity contribution in [2.75, 3.05) is 20.6 Å². The van der Waals surface area contributed by atoms with Gasteiger partial charge in [-0.05, 0) is 45.0 Å². The fourth-order valence-corrected chi connectivity index (χ4v) is 4.19. The maximum Gasteiger partial charge on any atom is -0.00221 e. The molecule has 0 bridgehead atoms. The van der Waals surface area contributed by atoms with E-state index in [-0.39, 0.29) is 0 Å². The van der Waals surface area contributed by atoms with E-state index in [0.717, 1.165) is 5.92 Å². The number of rotatable bonds is 19. The van der Waals surface area contributed by atoms with Crippen molar-refractivity contribution in [1.29, 1.82) is 0 Å². The minimum Gasteiger partial charge on any atom is -0.309 e. The molecule has 1 rings (SSSR count). The maximum absolute atomic E-state index is 2.34. The van der Waals surface area contributed by atoms with Gasteiger partial charge in [0.15, 0.2) is 0 Å². The second kappa shape index (κ2) is 18.2. The molecular formula is C27H49N. The van der Waals surface area contributed by atoms with Crippen molar-refractivity contribution in [3.63, 3.8) is 0 Å². The van der Waals surface area contributed by atoms with E-state index in [1.807, 2.05) is 0 Å². The number of nitrogens with zero attached hydrogens (tertiary/aromatic N) is 1. The second-order valence-corrected chi connectivity index (χ2v) is 9.18. The first-order valence-electron chi connectivity index (χ1n) is 12.4. The predicted molar refractivity (Wildman–Crippen MR) is 127 cm³/mol. The van der Waals surface area contributed by atoms with Gasteiger partial charge >= 0.3 is 0 Å². The normalized spacial score (nSPS) is 12.6. The molecule has 1 aromatic carbocycles. The Morgan fingerprint density at radius 1 is 0.643 bits per heavy atom. The summed E-state index contributed by atoms with van der Waals surface area (Å²) < 4.78 is 0. The summed E-state index contributed by atoms with van der Waals surface area (Å²) in [5.74, 6) is 0.845. The Bertz CT molecular complexity index is 425. The Balaban J connectivity index is 2.02. The summed E-state index contributed by atoms with van der Waals surface area (Å²) in [5, 5.41) is 0. The van der Waals surface area contributed by atoms with Crippen molar-refractivity contribution in [2.24, 2.45) is 5.92 Å². The van der Waals surface area contributed by atoms with E-state index in [2.05, 4.69) is 56.3 Å². The first-order chi connectivity index (χ1) is 13.7. The molecule has 0 amide bonds. The molecule has 1 unspecified atom stereocenters. The molecule has 0 aromatic heterocycles. The van der Waals surface area contributed by atoms with Crippen molar-refractivity contribution in [1.82, 2.24) is 4.90 Å². The van der Waals surface area contributed by atoms with Gasteiger partial charge < -0.3 is 4.90 Å². The molecule has 0 fully saturated rings. The number of benzene rings is 1. The van der Waals surface area contributed by atoms with Crippen LogP contribution in [0.15, 0.2) is 30.3 Å². The van der Waals surface area contributed by atoms with E-state index in [0.29, 0.717) is 0 Å². The van der Waals surface area contributed by atoms with Gasteiger partial charge in [-0.25, -0.2) is 0 Å². The van der Waals surface area contributed by atoms with E-state index < -0.39 is 0 Å². The van der Waals surface area contributed by atoms with Gasteiger partial charge in [0.25, 0.3) is 0 Å². The molecule has 0 radical (unpaired) electrons. The van der Waals surface area contributed by atoms with Crippen LogP contribution in [-0.4, -0.2) is 25.5 Å². The highest BCUT2D eigenvalue weighted by atomic mass is 15.0. The van der Waals surface area contributed by atoms with Crippen LogP contribution in [-0.2, 0) is 6.42 Å². The van der Waals surface area contributed by atoms with E-state index in [9.17, 15) is 0 Å². The third kappa shape index (κ3) is 15.1. The lowest BCUT2D eigenvalue weighted by molar-refractivity contribution is 0.331. The van der Waals surface area contributed by atoms with E-state index in [1.165, 1.54) is 115 Å². The molecular weight excluding hydrogens is 338 g/mol. The van der Waals surface area contributed by atoms with Crippen LogP contribution in [0.4, 0.5) is 0 Å². The van der Waals surface area contributed by atoms with E-state index in [4.69, 9.17) is 0 Å². The highest BCUT2D eigenvalue weighted by molar-refractivity contribution is 5.15. The molecule has 28 heavy (non-hydrogen) atoms. The van der Waals surface area contributed by atoms with Crippen LogP contribution in [0.25, 0.3) is 0 Å². The third-order valence-electron chi connectivity index (χ3n) is 6.07. The first-order valence-corrected chi connectivity index (χ1v) is 12.4. The van der Waals surface area contributed by atoms with Crippen molar-refractivity contribution in [3.8, 4) is 0 Å². The Labute approximate surface area is 177 Å². The van der Waals surface area contributed by atoms with Gasteiger partial charge in [0, 0.05) is 0 Å². The zero-order valence-corrected chi connectivity index (χ0v) is 19.4. The Hall–Kier alpha value is -0.820. The molecule has 0 heterocycles. The number of hydrogen-bond acceptors (Lipinski definition) is 1. The largest absolute Gasteiger partial charge is 0.309 e. The topological polar surface area (TPSA) is 3.24 Å². The molecule has 0 saturated heterocycles. The van der Waals surface area contributed by atoms with Gasteiger partial charge in [-0.15, -0.1) is 0 Å². The summed E-state index contributed by atoms with van der Waals surface area (Å²) in [7, 11) is 4.40. The lowest BCUT2D eigenvalue weighted by Gasteiger charge is -2.19. The van der Waals surface area contributed by atoms with Gasteiger partial charge in [0.1, 0.15) is 0 Å². The molecule has 0 N–H and O–H groups in total. The zero-order chi connectivity index (χ0) is 20.3. The zero-order valence-electron chi connectivity index (χ0n) is 19.4. The van der Waals surface area contributed by atoms with Crippen molar-refractivity contribution in [3.05, 3.63) is 35.9 Å². The molecule has 0 aliphatic carbocycles. The predicted octanol–water partition coefficient (Wildman–Crippen LogP) is 8.28. The van der Waals surface area contributed by atoms with Crippen LogP contribution in [0.3, 0.4) is 0 Å². The minimum absolute atomic E-state index is 0.845. The Kier molecular flexibility index (Phi) is 16.4. The Morgan fingerprint density at radius 2 is 1.14 bits per heavy atom. The van der Waals surface area contributed by atoms with Crippen LogP contribution in [0.1, 0.15) is 109 Å². The summed E-state index contributed by atoms with van der Waals surface area (Å²) in [4.78, 5) is 2.34. The quantitative estimate of drug-likeness (QED) is 0.216. The van der Waals surface area contributed by atoms with Gasteiger partial charge in [-0.1, -0.05) is 127 Å². The number of unbranched alkanes of at least 4 members (excludes halogenated alkanes) is 12. The number of hydrogen-bond donors (Lipinski definition) is 0. The lowest BCUT2D eigenvalue weighted by Crippen LogP contribution is -2.18. The standard InChI is InChI=1S/C27H49N/c1-4-5-6-7-8-9-10-11-12-13-14-15-17-22-27(23-24-28(2)3)25-26-20-18-16-19-21-26/h16,18-21,27H,4-15,17,22-25H2,1-3H3. The Morgan fingerprint density at radius 3 is 1.64 bits per heavy atom. The van der Waals surface area contributed by atoms with Crippen molar-refractivity contribution in [2.45, 2.75) is 110 Å². The lowest BCUT2D eigenvalue weighted by atomic mass is 9.90. The summed E-state index contributed by atoms with van der Waals surface area (Å²) in [6.07, 6.45) is 22.8. The molecule has 0 saturated carbocycles. The van der Waals surface area contributed by atoms with Crippen molar-refractivity contribution >= 4 is 0 Å². The van der Waals surface area contributed by atoms with Gasteiger partial charge in [0.2, 0.25) is 0 Å². The average Bonchev–Trinajstić information content (AvgIpc) is 2.70. The molecule has 162 valence electrons. The fraction of sp³-hybridized carbons (Fsp3) is 0.778. The summed E-state index contributed by atoms with van der Waals surface area (Å²) in [6.45, 7) is 3.52. The fourth-order valence-electron chi connectivity index (χ4n) is 4.19. The summed E-state index contributed by atoms with van der Waals surface area (Å²) in [5.41, 5.74) is 1.51. The van der Waals surface area contributed by atoms with E-state index >= 15 is 0 Å². The summed E-state index contributed by atoms with van der Waals surface area (Å²) >= 11 is 0. The maximum atomic E-state index is 2.34. The first kappa shape index (κ1) is 25.2. The molecule has 1 atom stereocenters. The molecule has 1 nitrogen and oxygen atoms in total. The smallest absolute Gasteiger partial charge is 0.00221 e. The van der Waals surface area contributed by atoms with Gasteiger partial charge in [-0.3, -0.25) is 0 Å².